The van der Waals surface area contributed by atoms with Crippen LogP contribution in [0.25, 0.3) is 0 Å². The SMILES string of the molecule is Cc1cc(C)c(CNC(=O)c2cc(C)c3c(c2C)OC(C)([C@@H]2CC[C@@H](NC(=O)OC(C)(C)C)CO2)O3)c(=O)[nH]1. The highest BCUT2D eigenvalue weighted by atomic mass is 16.8. The van der Waals surface area contributed by atoms with Crippen molar-refractivity contribution >= 4 is 12.0 Å². The molecule has 39 heavy (non-hydrogen) atoms. The first kappa shape index (κ1) is 28.5. The number of amides is 2. The lowest BCUT2D eigenvalue weighted by atomic mass is 9.99. The summed E-state index contributed by atoms with van der Waals surface area (Å²) in [5.74, 6) is -0.310. The molecule has 2 amide bonds. The van der Waals surface area contributed by atoms with Gasteiger partial charge in [0, 0.05) is 35.9 Å². The number of benzene rings is 1. The third-order valence-corrected chi connectivity index (χ3v) is 7.03. The number of hydrogen-bond acceptors (Lipinski definition) is 7. The van der Waals surface area contributed by atoms with Gasteiger partial charge in [0.05, 0.1) is 12.6 Å². The van der Waals surface area contributed by atoms with Gasteiger partial charge in [-0.25, -0.2) is 4.79 Å². The number of fused-ring (bicyclic) bond motifs is 1. The molecule has 1 aromatic heterocycles. The van der Waals surface area contributed by atoms with Crippen molar-refractivity contribution in [1.29, 1.82) is 0 Å². The molecule has 1 aromatic carbocycles. The molecule has 10 nitrogen and oxygen atoms in total. The van der Waals surface area contributed by atoms with Gasteiger partial charge in [0.15, 0.2) is 11.5 Å². The molecule has 3 atom stereocenters. The summed E-state index contributed by atoms with van der Waals surface area (Å²) in [6.45, 7) is 15.0. The molecule has 1 unspecified atom stereocenters. The van der Waals surface area contributed by atoms with E-state index in [9.17, 15) is 14.4 Å². The molecule has 0 aliphatic carbocycles. The Morgan fingerprint density at radius 1 is 1.08 bits per heavy atom. The molecule has 10 heteroatoms. The van der Waals surface area contributed by atoms with E-state index >= 15 is 0 Å². The number of aromatic nitrogens is 1. The lowest BCUT2D eigenvalue weighted by Crippen LogP contribution is -2.54. The Balaban J connectivity index is 1.42. The van der Waals surface area contributed by atoms with Crippen molar-refractivity contribution in [3.8, 4) is 11.5 Å². The maximum atomic E-state index is 13.2. The molecule has 1 saturated heterocycles. The number of pyridine rings is 1. The van der Waals surface area contributed by atoms with Gasteiger partial charge in [-0.05, 0) is 84.6 Å². The summed E-state index contributed by atoms with van der Waals surface area (Å²) in [5.41, 5.74) is 3.18. The van der Waals surface area contributed by atoms with Crippen molar-refractivity contribution in [2.24, 2.45) is 0 Å². The summed E-state index contributed by atoms with van der Waals surface area (Å²) < 4.78 is 24.1. The molecule has 0 radical (unpaired) electrons. The monoisotopic (exact) mass is 541 g/mol. The molecule has 1 fully saturated rings. The molecule has 0 spiro atoms. The number of nitrogens with one attached hydrogen (secondary N) is 3. The van der Waals surface area contributed by atoms with E-state index in [-0.39, 0.29) is 30.2 Å². The van der Waals surface area contributed by atoms with Gasteiger partial charge in [-0.3, -0.25) is 9.59 Å². The topological polar surface area (TPSA) is 128 Å². The van der Waals surface area contributed by atoms with Crippen LogP contribution in [0.15, 0.2) is 16.9 Å². The number of rotatable bonds is 5. The Morgan fingerprint density at radius 2 is 1.77 bits per heavy atom. The van der Waals surface area contributed by atoms with Crippen molar-refractivity contribution in [3.05, 3.63) is 56.0 Å². The number of hydrogen-bond donors (Lipinski definition) is 3. The zero-order valence-corrected chi connectivity index (χ0v) is 24.0. The number of ether oxygens (including phenoxy) is 4. The van der Waals surface area contributed by atoms with Crippen LogP contribution < -0.4 is 25.7 Å². The number of alkyl carbamates (subject to hydrolysis) is 1. The summed E-state index contributed by atoms with van der Waals surface area (Å²) in [7, 11) is 0. The van der Waals surface area contributed by atoms with Crippen LogP contribution in [0.5, 0.6) is 11.5 Å². The molecule has 2 aromatic rings. The minimum atomic E-state index is -1.09. The largest absolute Gasteiger partial charge is 0.446 e. The average molecular weight is 542 g/mol. The summed E-state index contributed by atoms with van der Waals surface area (Å²) in [6, 6.07) is 3.47. The van der Waals surface area contributed by atoms with Crippen LogP contribution in [0.1, 0.15) is 78.8 Å². The summed E-state index contributed by atoms with van der Waals surface area (Å²) in [6.07, 6.45) is 0.418. The Bertz CT molecular complexity index is 1340. The molecule has 4 rings (SSSR count). The fourth-order valence-electron chi connectivity index (χ4n) is 5.02. The third kappa shape index (κ3) is 6.21. The molecule has 3 N–H and O–H groups in total. The van der Waals surface area contributed by atoms with Crippen LogP contribution in [-0.2, 0) is 16.0 Å². The van der Waals surface area contributed by atoms with Gasteiger partial charge in [-0.1, -0.05) is 0 Å². The molecule has 2 aliphatic rings. The van der Waals surface area contributed by atoms with E-state index in [1.54, 1.807) is 6.07 Å². The van der Waals surface area contributed by atoms with E-state index in [1.165, 1.54) is 0 Å². The Morgan fingerprint density at radius 3 is 2.38 bits per heavy atom. The molecule has 3 heterocycles. The first-order valence-electron chi connectivity index (χ1n) is 13.3. The summed E-state index contributed by atoms with van der Waals surface area (Å²) in [4.78, 5) is 40.4. The maximum Gasteiger partial charge on any atom is 0.407 e. The van der Waals surface area contributed by atoms with Crippen LogP contribution in [-0.4, -0.2) is 47.1 Å². The number of carbonyl (C=O) groups excluding carboxylic acids is 2. The van der Waals surface area contributed by atoms with Crippen molar-refractivity contribution in [2.75, 3.05) is 6.61 Å². The van der Waals surface area contributed by atoms with Gasteiger partial charge in [-0.2, -0.15) is 0 Å². The van der Waals surface area contributed by atoms with Crippen LogP contribution >= 0.6 is 0 Å². The smallest absolute Gasteiger partial charge is 0.407 e. The number of carbonyl (C=O) groups is 2. The molecular formula is C29H39N3O7. The lowest BCUT2D eigenvalue weighted by molar-refractivity contribution is -0.185. The minimum Gasteiger partial charge on any atom is -0.446 e. The predicted octanol–water partition coefficient (Wildman–Crippen LogP) is 4.10. The first-order chi connectivity index (χ1) is 18.2. The van der Waals surface area contributed by atoms with E-state index in [2.05, 4.69) is 15.6 Å². The van der Waals surface area contributed by atoms with Gasteiger partial charge in [0.25, 0.3) is 17.3 Å². The summed E-state index contributed by atoms with van der Waals surface area (Å²) >= 11 is 0. The van der Waals surface area contributed by atoms with E-state index in [0.717, 1.165) is 16.8 Å². The second kappa shape index (κ2) is 10.6. The zero-order chi connectivity index (χ0) is 28.7. The molecule has 2 aliphatic heterocycles. The molecule has 0 saturated carbocycles. The van der Waals surface area contributed by atoms with Gasteiger partial charge in [0.1, 0.15) is 11.7 Å². The van der Waals surface area contributed by atoms with Crippen LogP contribution in [0, 0.1) is 27.7 Å². The van der Waals surface area contributed by atoms with Crippen molar-refractivity contribution in [2.45, 2.75) is 98.3 Å². The van der Waals surface area contributed by atoms with Crippen molar-refractivity contribution in [3.63, 3.8) is 0 Å². The van der Waals surface area contributed by atoms with Crippen LogP contribution in [0.2, 0.25) is 0 Å². The quantitative estimate of drug-likeness (QED) is 0.520. The summed E-state index contributed by atoms with van der Waals surface area (Å²) in [5, 5.41) is 5.72. The molecule has 212 valence electrons. The van der Waals surface area contributed by atoms with Crippen LogP contribution in [0.4, 0.5) is 4.79 Å². The zero-order valence-electron chi connectivity index (χ0n) is 24.0. The van der Waals surface area contributed by atoms with E-state index in [4.69, 9.17) is 18.9 Å². The highest BCUT2D eigenvalue weighted by molar-refractivity contribution is 5.97. The second-order valence-electron chi connectivity index (χ2n) is 11.6. The second-order valence-corrected chi connectivity index (χ2v) is 11.6. The number of H-pyrrole nitrogens is 1. The highest BCUT2D eigenvalue weighted by Crippen LogP contribution is 2.47. The predicted molar refractivity (Wildman–Crippen MR) is 145 cm³/mol. The van der Waals surface area contributed by atoms with Crippen molar-refractivity contribution < 1.29 is 28.5 Å². The van der Waals surface area contributed by atoms with Gasteiger partial charge in [0.2, 0.25) is 0 Å². The fourth-order valence-corrected chi connectivity index (χ4v) is 5.02. The van der Waals surface area contributed by atoms with Crippen molar-refractivity contribution in [1.82, 2.24) is 15.6 Å². The first-order valence-corrected chi connectivity index (χ1v) is 13.3. The number of aromatic amines is 1. The highest BCUT2D eigenvalue weighted by Gasteiger charge is 2.48. The standard InChI is InChI=1S/C29H39N3O7/c1-15-11-17(3)31-26(34)21(15)13-30-25(33)20-12-16(2)23-24(18(20)4)38-29(8,37-23)22-10-9-19(14-36-22)32-27(35)39-28(5,6)7/h11-12,19,22H,9-10,13-14H2,1-8H3,(H,30,33)(H,31,34)(H,32,35)/t19-,22+,29?/m1/s1. The Kier molecular flexibility index (Phi) is 7.71. The van der Waals surface area contributed by atoms with Gasteiger partial charge >= 0.3 is 6.09 Å². The Hall–Kier alpha value is -3.53. The van der Waals surface area contributed by atoms with Gasteiger partial charge in [-0.15, -0.1) is 0 Å². The van der Waals surface area contributed by atoms with Crippen LogP contribution in [0.3, 0.4) is 0 Å². The van der Waals surface area contributed by atoms with E-state index < -0.39 is 17.5 Å². The third-order valence-electron chi connectivity index (χ3n) is 7.03. The minimum absolute atomic E-state index is 0.110. The normalized spacial score (nSPS) is 22.4. The molecular weight excluding hydrogens is 502 g/mol. The van der Waals surface area contributed by atoms with E-state index in [0.29, 0.717) is 47.6 Å². The fraction of sp³-hybridized carbons (Fsp3) is 0.552. The number of aryl methyl sites for hydroxylation is 3. The van der Waals surface area contributed by atoms with E-state index in [1.807, 2.05) is 61.5 Å². The average Bonchev–Trinajstić information content (AvgIpc) is 3.19. The van der Waals surface area contributed by atoms with Gasteiger partial charge < -0.3 is 34.6 Å². The maximum absolute atomic E-state index is 13.2. The lowest BCUT2D eigenvalue weighted by Gasteiger charge is -2.37. The Labute approximate surface area is 228 Å². The molecule has 0 bridgehead atoms.